The fourth-order valence-electron chi connectivity index (χ4n) is 2.11. The van der Waals surface area contributed by atoms with E-state index in [4.69, 9.17) is 4.74 Å². The van der Waals surface area contributed by atoms with Crippen LogP contribution in [-0.2, 0) is 9.53 Å². The molecular weight excluding hydrogens is 216 g/mol. The normalized spacial score (nSPS) is 20.5. The summed E-state index contributed by atoms with van der Waals surface area (Å²) < 4.78 is 5.39. The van der Waals surface area contributed by atoms with Crippen LogP contribution in [-0.4, -0.2) is 50.2 Å². The molecule has 1 unspecified atom stereocenters. The lowest BCUT2D eigenvalue weighted by atomic mass is 10.0. The van der Waals surface area contributed by atoms with Crippen molar-refractivity contribution in [2.45, 2.75) is 33.1 Å². The SMILES string of the molecule is CCN(CC)CCC(=O)NCC1CCCOC1. The van der Waals surface area contributed by atoms with Gasteiger partial charge in [-0.2, -0.15) is 0 Å². The summed E-state index contributed by atoms with van der Waals surface area (Å²) in [5.74, 6) is 0.684. The Balaban J connectivity index is 2.07. The van der Waals surface area contributed by atoms with Gasteiger partial charge in [0.2, 0.25) is 5.91 Å². The smallest absolute Gasteiger partial charge is 0.221 e. The van der Waals surface area contributed by atoms with Crippen LogP contribution in [0.15, 0.2) is 0 Å². The van der Waals surface area contributed by atoms with Crippen molar-refractivity contribution < 1.29 is 9.53 Å². The Morgan fingerprint density at radius 1 is 1.41 bits per heavy atom. The van der Waals surface area contributed by atoms with E-state index in [-0.39, 0.29) is 5.91 Å². The van der Waals surface area contributed by atoms with E-state index in [2.05, 4.69) is 24.1 Å². The third-order valence-corrected chi connectivity index (χ3v) is 3.39. The molecule has 1 fully saturated rings. The maximum Gasteiger partial charge on any atom is 0.221 e. The van der Waals surface area contributed by atoms with Crippen molar-refractivity contribution in [1.29, 1.82) is 0 Å². The van der Waals surface area contributed by atoms with E-state index in [0.29, 0.717) is 12.3 Å². The third-order valence-electron chi connectivity index (χ3n) is 3.39. The van der Waals surface area contributed by atoms with Crippen molar-refractivity contribution in [3.8, 4) is 0 Å². The van der Waals surface area contributed by atoms with Gasteiger partial charge in [-0.05, 0) is 31.8 Å². The molecule has 0 aromatic carbocycles. The van der Waals surface area contributed by atoms with Crippen molar-refractivity contribution in [3.05, 3.63) is 0 Å². The number of hydrogen-bond acceptors (Lipinski definition) is 3. The van der Waals surface area contributed by atoms with Crippen LogP contribution in [0.4, 0.5) is 0 Å². The Morgan fingerprint density at radius 3 is 2.76 bits per heavy atom. The van der Waals surface area contributed by atoms with E-state index in [1.807, 2.05) is 0 Å². The highest BCUT2D eigenvalue weighted by Gasteiger charge is 2.14. The van der Waals surface area contributed by atoms with Gasteiger partial charge in [0.15, 0.2) is 0 Å². The van der Waals surface area contributed by atoms with Crippen LogP contribution >= 0.6 is 0 Å². The Kier molecular flexibility index (Phi) is 7.21. The average molecular weight is 242 g/mol. The van der Waals surface area contributed by atoms with E-state index in [9.17, 15) is 4.79 Å². The zero-order valence-corrected chi connectivity index (χ0v) is 11.2. The van der Waals surface area contributed by atoms with E-state index >= 15 is 0 Å². The number of nitrogens with one attached hydrogen (secondary N) is 1. The summed E-state index contributed by atoms with van der Waals surface area (Å²) in [6, 6.07) is 0. The van der Waals surface area contributed by atoms with Gasteiger partial charge >= 0.3 is 0 Å². The molecule has 4 heteroatoms. The molecule has 1 N–H and O–H groups in total. The molecule has 17 heavy (non-hydrogen) atoms. The molecule has 0 radical (unpaired) electrons. The van der Waals surface area contributed by atoms with Crippen molar-refractivity contribution in [3.63, 3.8) is 0 Å². The number of rotatable bonds is 7. The number of hydrogen-bond donors (Lipinski definition) is 1. The number of ether oxygens (including phenoxy) is 1. The summed E-state index contributed by atoms with van der Waals surface area (Å²) in [5, 5.41) is 3.01. The Hall–Kier alpha value is -0.610. The van der Waals surface area contributed by atoms with Crippen LogP contribution in [0, 0.1) is 5.92 Å². The molecule has 1 aliphatic heterocycles. The molecule has 1 heterocycles. The molecule has 0 aliphatic carbocycles. The first-order chi connectivity index (χ1) is 8.26. The van der Waals surface area contributed by atoms with Crippen LogP contribution in [0.5, 0.6) is 0 Å². The lowest BCUT2D eigenvalue weighted by Gasteiger charge is -2.22. The lowest BCUT2D eigenvalue weighted by Crippen LogP contribution is -2.35. The third kappa shape index (κ3) is 6.03. The first-order valence-electron chi connectivity index (χ1n) is 6.83. The molecule has 1 saturated heterocycles. The number of carbonyl (C=O) groups excluding carboxylic acids is 1. The first-order valence-corrected chi connectivity index (χ1v) is 6.83. The molecule has 1 rings (SSSR count). The monoisotopic (exact) mass is 242 g/mol. The fraction of sp³-hybridized carbons (Fsp3) is 0.923. The molecule has 0 spiro atoms. The van der Waals surface area contributed by atoms with E-state index in [1.165, 1.54) is 6.42 Å². The quantitative estimate of drug-likeness (QED) is 0.731. The lowest BCUT2D eigenvalue weighted by molar-refractivity contribution is -0.121. The molecule has 4 nitrogen and oxygen atoms in total. The average Bonchev–Trinajstić information content (AvgIpc) is 2.39. The van der Waals surface area contributed by atoms with E-state index in [1.54, 1.807) is 0 Å². The topological polar surface area (TPSA) is 41.6 Å². The highest BCUT2D eigenvalue weighted by molar-refractivity contribution is 5.76. The van der Waals surface area contributed by atoms with Crippen molar-refractivity contribution in [2.75, 3.05) is 39.4 Å². The standard InChI is InChI=1S/C13H26N2O2/c1-3-15(4-2)8-7-13(16)14-10-12-6-5-9-17-11-12/h12H,3-11H2,1-2H3,(H,14,16). The van der Waals surface area contributed by atoms with Crippen molar-refractivity contribution >= 4 is 5.91 Å². The minimum Gasteiger partial charge on any atom is -0.381 e. The fourth-order valence-corrected chi connectivity index (χ4v) is 2.11. The summed E-state index contributed by atoms with van der Waals surface area (Å²) >= 11 is 0. The highest BCUT2D eigenvalue weighted by atomic mass is 16.5. The van der Waals surface area contributed by atoms with Crippen LogP contribution in [0.3, 0.4) is 0 Å². The van der Waals surface area contributed by atoms with Gasteiger partial charge in [0, 0.05) is 26.1 Å². The van der Waals surface area contributed by atoms with Gasteiger partial charge in [0.25, 0.3) is 0 Å². The number of carbonyl (C=O) groups is 1. The zero-order valence-electron chi connectivity index (χ0n) is 11.2. The van der Waals surface area contributed by atoms with E-state index in [0.717, 1.165) is 45.8 Å². The Bertz CT molecular complexity index is 211. The van der Waals surface area contributed by atoms with Crippen molar-refractivity contribution in [2.24, 2.45) is 5.92 Å². The predicted molar refractivity (Wildman–Crippen MR) is 69.0 cm³/mol. The zero-order chi connectivity index (χ0) is 12.5. The maximum atomic E-state index is 11.6. The predicted octanol–water partition coefficient (Wildman–Crippen LogP) is 1.26. The second-order valence-corrected chi connectivity index (χ2v) is 4.66. The molecule has 0 saturated carbocycles. The second-order valence-electron chi connectivity index (χ2n) is 4.66. The molecule has 0 aromatic rings. The summed E-state index contributed by atoms with van der Waals surface area (Å²) in [7, 11) is 0. The van der Waals surface area contributed by atoms with Gasteiger partial charge in [-0.25, -0.2) is 0 Å². The van der Waals surface area contributed by atoms with E-state index < -0.39 is 0 Å². The van der Waals surface area contributed by atoms with Gasteiger partial charge < -0.3 is 15.0 Å². The van der Waals surface area contributed by atoms with Crippen LogP contribution < -0.4 is 5.32 Å². The molecule has 0 aromatic heterocycles. The minimum absolute atomic E-state index is 0.169. The van der Waals surface area contributed by atoms with Gasteiger partial charge in [-0.3, -0.25) is 4.79 Å². The van der Waals surface area contributed by atoms with Crippen LogP contribution in [0.25, 0.3) is 0 Å². The van der Waals surface area contributed by atoms with Gasteiger partial charge in [0.1, 0.15) is 0 Å². The second kappa shape index (κ2) is 8.48. The Labute approximate surface area is 105 Å². The number of nitrogens with zero attached hydrogens (tertiary/aromatic N) is 1. The summed E-state index contributed by atoms with van der Waals surface area (Å²) in [5.41, 5.74) is 0. The van der Waals surface area contributed by atoms with Gasteiger partial charge in [-0.15, -0.1) is 0 Å². The highest BCUT2D eigenvalue weighted by Crippen LogP contribution is 2.12. The molecule has 1 aliphatic rings. The first kappa shape index (κ1) is 14.5. The largest absolute Gasteiger partial charge is 0.381 e. The molecular formula is C13H26N2O2. The van der Waals surface area contributed by atoms with Gasteiger partial charge in [0.05, 0.1) is 6.61 Å². The number of amides is 1. The van der Waals surface area contributed by atoms with Gasteiger partial charge in [-0.1, -0.05) is 13.8 Å². The molecule has 0 bridgehead atoms. The summed E-state index contributed by atoms with van der Waals surface area (Å²) in [6.45, 7) is 9.60. The molecule has 100 valence electrons. The minimum atomic E-state index is 0.169. The van der Waals surface area contributed by atoms with Crippen LogP contribution in [0.1, 0.15) is 33.1 Å². The van der Waals surface area contributed by atoms with Crippen LogP contribution in [0.2, 0.25) is 0 Å². The summed E-state index contributed by atoms with van der Waals surface area (Å²) in [4.78, 5) is 13.9. The Morgan fingerprint density at radius 2 is 2.18 bits per heavy atom. The molecule has 1 amide bonds. The van der Waals surface area contributed by atoms with Crippen molar-refractivity contribution in [1.82, 2.24) is 10.2 Å². The molecule has 1 atom stereocenters. The summed E-state index contributed by atoms with van der Waals surface area (Å²) in [6.07, 6.45) is 2.91. The maximum absolute atomic E-state index is 11.6.